The minimum atomic E-state index is 0. The van der Waals surface area contributed by atoms with Crippen molar-refractivity contribution in [2.24, 2.45) is 4.99 Å². The van der Waals surface area contributed by atoms with E-state index in [4.69, 9.17) is 16.3 Å². The lowest BCUT2D eigenvalue weighted by Crippen LogP contribution is -2.41. The van der Waals surface area contributed by atoms with E-state index in [1.165, 1.54) is 5.56 Å². The van der Waals surface area contributed by atoms with Gasteiger partial charge in [-0.3, -0.25) is 4.99 Å². The van der Waals surface area contributed by atoms with Crippen molar-refractivity contribution in [1.82, 2.24) is 10.6 Å². The summed E-state index contributed by atoms with van der Waals surface area (Å²) in [7, 11) is 1.78. The Balaban J connectivity index is 0.00000242. The fourth-order valence-electron chi connectivity index (χ4n) is 2.29. The first-order valence-electron chi connectivity index (χ1n) is 7.19. The van der Waals surface area contributed by atoms with Gasteiger partial charge < -0.3 is 15.4 Å². The average Bonchev–Trinajstić information content (AvgIpc) is 2.99. The highest BCUT2D eigenvalue weighted by Crippen LogP contribution is 2.21. The number of nitrogens with one attached hydrogen (secondary N) is 2. The van der Waals surface area contributed by atoms with Crippen LogP contribution in [0.5, 0.6) is 0 Å². The Hall–Kier alpha value is -0.0500. The highest BCUT2D eigenvalue weighted by molar-refractivity contribution is 14.0. The first-order valence-corrected chi connectivity index (χ1v) is 8.36. The van der Waals surface area contributed by atoms with E-state index in [1.54, 1.807) is 7.05 Å². The molecule has 2 N–H and O–H groups in total. The van der Waals surface area contributed by atoms with Gasteiger partial charge in [-0.1, -0.05) is 27.5 Å². The second-order valence-electron chi connectivity index (χ2n) is 5.00. The summed E-state index contributed by atoms with van der Waals surface area (Å²) in [5.74, 6) is 0.809. The Labute approximate surface area is 162 Å². The maximum absolute atomic E-state index is 6.02. The zero-order chi connectivity index (χ0) is 15.1. The lowest BCUT2D eigenvalue weighted by Gasteiger charge is -2.15. The zero-order valence-corrected chi connectivity index (χ0v) is 17.2. The van der Waals surface area contributed by atoms with Crippen LogP contribution in [0, 0.1) is 0 Å². The summed E-state index contributed by atoms with van der Waals surface area (Å²) in [6, 6.07) is 5.84. The van der Waals surface area contributed by atoms with Crippen LogP contribution in [0.2, 0.25) is 5.02 Å². The third kappa shape index (κ3) is 6.60. The van der Waals surface area contributed by atoms with E-state index in [2.05, 4.69) is 31.6 Å². The highest BCUT2D eigenvalue weighted by Gasteiger charge is 2.15. The van der Waals surface area contributed by atoms with Gasteiger partial charge in [-0.15, -0.1) is 24.0 Å². The van der Waals surface area contributed by atoms with Crippen LogP contribution < -0.4 is 10.6 Å². The molecule has 0 bridgehead atoms. The maximum atomic E-state index is 6.02. The lowest BCUT2D eigenvalue weighted by atomic mass is 10.1. The summed E-state index contributed by atoms with van der Waals surface area (Å²) in [6.45, 7) is 2.48. The molecule has 22 heavy (non-hydrogen) atoms. The predicted molar refractivity (Wildman–Crippen MR) is 107 cm³/mol. The minimum absolute atomic E-state index is 0. The largest absolute Gasteiger partial charge is 0.376 e. The van der Waals surface area contributed by atoms with E-state index in [0.717, 1.165) is 54.4 Å². The molecule has 2 rings (SSSR count). The molecule has 0 aromatic heterocycles. The Bertz CT molecular complexity index is 496. The van der Waals surface area contributed by atoms with Gasteiger partial charge in [0, 0.05) is 36.2 Å². The molecule has 1 atom stereocenters. The van der Waals surface area contributed by atoms with Crippen molar-refractivity contribution in [3.8, 4) is 0 Å². The summed E-state index contributed by atoms with van der Waals surface area (Å²) in [5, 5.41) is 7.37. The van der Waals surface area contributed by atoms with E-state index >= 15 is 0 Å². The molecule has 4 nitrogen and oxygen atoms in total. The molecule has 0 saturated carbocycles. The van der Waals surface area contributed by atoms with Gasteiger partial charge in [-0.2, -0.15) is 0 Å². The molecule has 0 aliphatic carbocycles. The number of halogens is 3. The topological polar surface area (TPSA) is 45.7 Å². The zero-order valence-electron chi connectivity index (χ0n) is 12.6. The van der Waals surface area contributed by atoms with Crippen LogP contribution in [0.15, 0.2) is 27.7 Å². The SMILES string of the molecule is CN=C(NCCc1cc(Cl)ccc1Br)NCC1CCCO1.I. The van der Waals surface area contributed by atoms with Crippen molar-refractivity contribution in [3.63, 3.8) is 0 Å². The monoisotopic (exact) mass is 501 g/mol. The molecule has 0 amide bonds. The molecule has 1 unspecified atom stereocenters. The second-order valence-corrected chi connectivity index (χ2v) is 6.29. The van der Waals surface area contributed by atoms with E-state index in [9.17, 15) is 0 Å². The number of hydrogen-bond donors (Lipinski definition) is 2. The smallest absolute Gasteiger partial charge is 0.191 e. The van der Waals surface area contributed by atoms with Crippen LogP contribution in [0.3, 0.4) is 0 Å². The van der Waals surface area contributed by atoms with E-state index < -0.39 is 0 Å². The Morgan fingerprint density at radius 1 is 1.45 bits per heavy atom. The molecule has 1 heterocycles. The number of ether oxygens (including phenoxy) is 1. The normalized spacial score (nSPS) is 18.0. The van der Waals surface area contributed by atoms with Gasteiger partial charge in [0.05, 0.1) is 6.10 Å². The summed E-state index contributed by atoms with van der Waals surface area (Å²) < 4.78 is 6.66. The molecule has 1 saturated heterocycles. The van der Waals surface area contributed by atoms with Crippen molar-refractivity contribution < 1.29 is 4.74 Å². The Morgan fingerprint density at radius 2 is 2.27 bits per heavy atom. The number of benzene rings is 1. The number of hydrogen-bond acceptors (Lipinski definition) is 2. The van der Waals surface area contributed by atoms with Gasteiger partial charge in [0.2, 0.25) is 0 Å². The number of rotatable bonds is 5. The molecule has 7 heteroatoms. The Kier molecular flexibility index (Phi) is 9.70. The third-order valence-corrected chi connectivity index (χ3v) is 4.45. The molecule has 1 fully saturated rings. The first kappa shape index (κ1) is 20.0. The van der Waals surface area contributed by atoms with Crippen molar-refractivity contribution in [2.75, 3.05) is 26.7 Å². The fourth-order valence-corrected chi connectivity index (χ4v) is 2.93. The molecule has 0 radical (unpaired) electrons. The maximum Gasteiger partial charge on any atom is 0.191 e. The fraction of sp³-hybridized carbons (Fsp3) is 0.533. The van der Waals surface area contributed by atoms with Crippen LogP contribution in [-0.2, 0) is 11.2 Å². The van der Waals surface area contributed by atoms with E-state index in [1.807, 2.05) is 18.2 Å². The van der Waals surface area contributed by atoms with E-state index in [0.29, 0.717) is 6.10 Å². The number of nitrogens with zero attached hydrogens (tertiary/aromatic N) is 1. The van der Waals surface area contributed by atoms with Crippen molar-refractivity contribution >= 4 is 57.5 Å². The summed E-state index contributed by atoms with van der Waals surface area (Å²) in [5.41, 5.74) is 1.18. The average molecular weight is 503 g/mol. The van der Waals surface area contributed by atoms with Crippen LogP contribution in [0.25, 0.3) is 0 Å². The van der Waals surface area contributed by atoms with Gasteiger partial charge in [-0.05, 0) is 43.0 Å². The minimum Gasteiger partial charge on any atom is -0.376 e. The van der Waals surface area contributed by atoms with Crippen molar-refractivity contribution in [3.05, 3.63) is 33.3 Å². The number of aliphatic imine (C=N–C) groups is 1. The molecular weight excluding hydrogens is 480 g/mol. The standard InChI is InChI=1S/C15H21BrClN3O.HI/c1-18-15(20-10-13-3-2-8-21-13)19-7-6-11-9-12(17)4-5-14(11)16;/h4-5,9,13H,2-3,6-8,10H2,1H3,(H2,18,19,20);1H. The molecular formula is C15H22BrClIN3O. The lowest BCUT2D eigenvalue weighted by molar-refractivity contribution is 0.114. The predicted octanol–water partition coefficient (Wildman–Crippen LogP) is 3.61. The molecule has 1 aromatic rings. The second kappa shape index (κ2) is 10.7. The molecule has 1 aliphatic heterocycles. The summed E-state index contributed by atoms with van der Waals surface area (Å²) in [6.07, 6.45) is 3.47. The first-order chi connectivity index (χ1) is 10.2. The van der Waals surface area contributed by atoms with Crippen LogP contribution in [0.4, 0.5) is 0 Å². The number of guanidine groups is 1. The van der Waals surface area contributed by atoms with Crippen LogP contribution in [-0.4, -0.2) is 38.8 Å². The Morgan fingerprint density at radius 3 is 2.95 bits per heavy atom. The van der Waals surface area contributed by atoms with E-state index in [-0.39, 0.29) is 24.0 Å². The molecule has 1 aliphatic rings. The van der Waals surface area contributed by atoms with Gasteiger partial charge >= 0.3 is 0 Å². The summed E-state index contributed by atoms with van der Waals surface area (Å²) in [4.78, 5) is 4.22. The van der Waals surface area contributed by atoms with Crippen LogP contribution >= 0.6 is 51.5 Å². The van der Waals surface area contributed by atoms with Crippen LogP contribution in [0.1, 0.15) is 18.4 Å². The summed E-state index contributed by atoms with van der Waals surface area (Å²) >= 11 is 9.56. The van der Waals surface area contributed by atoms with Crippen molar-refractivity contribution in [1.29, 1.82) is 0 Å². The van der Waals surface area contributed by atoms with Gasteiger partial charge in [0.1, 0.15) is 0 Å². The molecule has 1 aromatic carbocycles. The highest BCUT2D eigenvalue weighted by atomic mass is 127. The molecule has 0 spiro atoms. The van der Waals surface area contributed by atoms with Gasteiger partial charge in [0.15, 0.2) is 5.96 Å². The quantitative estimate of drug-likeness (QED) is 0.368. The van der Waals surface area contributed by atoms with Crippen molar-refractivity contribution in [2.45, 2.75) is 25.4 Å². The molecule has 124 valence electrons. The van der Waals surface area contributed by atoms with Gasteiger partial charge in [-0.25, -0.2) is 0 Å². The van der Waals surface area contributed by atoms with Gasteiger partial charge in [0.25, 0.3) is 0 Å². The third-order valence-electron chi connectivity index (χ3n) is 3.44.